The quantitative estimate of drug-likeness (QED) is 0.858. The number of sulfonamides is 1. The van der Waals surface area contributed by atoms with Crippen molar-refractivity contribution in [3.05, 3.63) is 21.9 Å². The molecule has 0 aromatic carbocycles. The molecule has 0 spiro atoms. The number of aryl methyl sites for hydroxylation is 1. The maximum Gasteiger partial charge on any atom is 0.246 e. The molecule has 1 rings (SSSR count). The Labute approximate surface area is 103 Å². The van der Waals surface area contributed by atoms with Gasteiger partial charge in [0.1, 0.15) is 5.15 Å². The number of aromatic nitrogens is 1. The largest absolute Gasteiger partial charge is 0.279 e. The van der Waals surface area contributed by atoms with Crippen molar-refractivity contribution in [2.45, 2.75) is 6.92 Å². The van der Waals surface area contributed by atoms with E-state index in [1.54, 1.807) is 6.92 Å². The first-order chi connectivity index (χ1) is 7.35. The summed E-state index contributed by atoms with van der Waals surface area (Å²) in [6.45, 7) is 1.63. The van der Waals surface area contributed by atoms with Crippen LogP contribution in [0.1, 0.15) is 5.56 Å². The lowest BCUT2D eigenvalue weighted by atomic mass is 10.3. The van der Waals surface area contributed by atoms with E-state index in [1.807, 2.05) is 0 Å². The van der Waals surface area contributed by atoms with Crippen LogP contribution in [-0.2, 0) is 10.0 Å². The zero-order valence-corrected chi connectivity index (χ0v) is 10.5. The number of nitriles is 1. The number of nitrogens with one attached hydrogen (secondary N) is 1. The Bertz CT molecular complexity index is 528. The molecule has 86 valence electrons. The van der Waals surface area contributed by atoms with Crippen molar-refractivity contribution >= 4 is 38.9 Å². The second-order valence-electron chi connectivity index (χ2n) is 2.95. The van der Waals surface area contributed by atoms with Gasteiger partial charge in [0.25, 0.3) is 0 Å². The molecule has 0 atom stereocenters. The van der Waals surface area contributed by atoms with E-state index in [-0.39, 0.29) is 16.0 Å². The Kier molecular flexibility index (Phi) is 3.97. The summed E-state index contributed by atoms with van der Waals surface area (Å²) in [5.74, 6) is -0.647. The van der Waals surface area contributed by atoms with Gasteiger partial charge in [-0.2, -0.15) is 5.26 Å². The SMILES string of the molecule is Cc1cc(Cl)nc(Cl)c1NS(=O)(=O)CC#N. The highest BCUT2D eigenvalue weighted by Gasteiger charge is 2.15. The highest BCUT2D eigenvalue weighted by Crippen LogP contribution is 2.27. The van der Waals surface area contributed by atoms with Gasteiger partial charge < -0.3 is 0 Å². The first-order valence-electron chi connectivity index (χ1n) is 4.06. The fourth-order valence-electron chi connectivity index (χ4n) is 0.995. The molecule has 0 fully saturated rings. The van der Waals surface area contributed by atoms with E-state index in [0.29, 0.717) is 5.56 Å². The average Bonchev–Trinajstić information content (AvgIpc) is 2.11. The number of anilines is 1. The summed E-state index contributed by atoms with van der Waals surface area (Å²) < 4.78 is 24.9. The van der Waals surface area contributed by atoms with Crippen molar-refractivity contribution in [3.8, 4) is 6.07 Å². The Morgan fingerprint density at radius 1 is 1.56 bits per heavy atom. The first kappa shape index (κ1) is 13.0. The van der Waals surface area contributed by atoms with Crippen molar-refractivity contribution in [3.63, 3.8) is 0 Å². The third-order valence-electron chi connectivity index (χ3n) is 1.65. The first-order valence-corrected chi connectivity index (χ1v) is 6.46. The second-order valence-corrected chi connectivity index (χ2v) is 5.41. The summed E-state index contributed by atoms with van der Waals surface area (Å²) in [5, 5.41) is 8.45. The van der Waals surface area contributed by atoms with Crippen LogP contribution in [0.4, 0.5) is 5.69 Å². The van der Waals surface area contributed by atoms with Crippen molar-refractivity contribution < 1.29 is 8.42 Å². The van der Waals surface area contributed by atoms with E-state index in [9.17, 15) is 8.42 Å². The van der Waals surface area contributed by atoms with Crippen molar-refractivity contribution in [2.75, 3.05) is 10.5 Å². The van der Waals surface area contributed by atoms with Crippen LogP contribution in [0.15, 0.2) is 6.07 Å². The molecule has 0 unspecified atom stereocenters. The van der Waals surface area contributed by atoms with E-state index in [1.165, 1.54) is 12.1 Å². The summed E-state index contributed by atoms with van der Waals surface area (Å²) in [7, 11) is -3.72. The van der Waals surface area contributed by atoms with Crippen LogP contribution in [0.3, 0.4) is 0 Å². The normalized spacial score (nSPS) is 10.9. The maximum atomic E-state index is 11.3. The topological polar surface area (TPSA) is 82.8 Å². The third-order valence-corrected chi connectivity index (χ3v) is 3.14. The second kappa shape index (κ2) is 4.87. The maximum absolute atomic E-state index is 11.3. The lowest BCUT2D eigenvalue weighted by Crippen LogP contribution is -2.16. The minimum atomic E-state index is -3.72. The highest BCUT2D eigenvalue weighted by atomic mass is 35.5. The molecule has 0 saturated carbocycles. The molecular formula is C8H7Cl2N3O2S. The zero-order valence-electron chi connectivity index (χ0n) is 8.16. The molecule has 0 amide bonds. The van der Waals surface area contributed by atoms with Crippen LogP contribution >= 0.6 is 23.2 Å². The number of halogens is 2. The van der Waals surface area contributed by atoms with Crippen molar-refractivity contribution in [1.82, 2.24) is 4.98 Å². The molecule has 0 aliphatic heterocycles. The minimum Gasteiger partial charge on any atom is -0.279 e. The minimum absolute atomic E-state index is 0.0495. The van der Waals surface area contributed by atoms with Gasteiger partial charge in [-0.15, -0.1) is 0 Å². The van der Waals surface area contributed by atoms with E-state index >= 15 is 0 Å². The van der Waals surface area contributed by atoms with E-state index in [4.69, 9.17) is 28.5 Å². The highest BCUT2D eigenvalue weighted by molar-refractivity contribution is 7.92. The molecule has 0 aliphatic rings. The number of hydrogen-bond acceptors (Lipinski definition) is 4. The molecule has 8 heteroatoms. The number of nitrogens with zero attached hydrogens (tertiary/aromatic N) is 2. The smallest absolute Gasteiger partial charge is 0.246 e. The Hall–Kier alpha value is -1.03. The molecule has 16 heavy (non-hydrogen) atoms. The molecule has 1 aromatic heterocycles. The average molecular weight is 280 g/mol. The number of hydrogen-bond donors (Lipinski definition) is 1. The van der Waals surface area contributed by atoms with Gasteiger partial charge >= 0.3 is 0 Å². The van der Waals surface area contributed by atoms with Gasteiger partial charge in [0, 0.05) is 0 Å². The van der Waals surface area contributed by atoms with E-state index in [0.717, 1.165) is 0 Å². The van der Waals surface area contributed by atoms with Gasteiger partial charge in [-0.3, -0.25) is 4.72 Å². The molecule has 0 bridgehead atoms. The van der Waals surface area contributed by atoms with E-state index < -0.39 is 15.8 Å². The zero-order chi connectivity index (χ0) is 12.3. The van der Waals surface area contributed by atoms with Crippen molar-refractivity contribution in [1.29, 1.82) is 5.26 Å². The van der Waals surface area contributed by atoms with Gasteiger partial charge in [-0.05, 0) is 18.6 Å². The molecular weight excluding hydrogens is 273 g/mol. The van der Waals surface area contributed by atoms with Gasteiger partial charge in [0.15, 0.2) is 10.9 Å². The van der Waals surface area contributed by atoms with Crippen molar-refractivity contribution in [2.24, 2.45) is 0 Å². The molecule has 1 heterocycles. The Morgan fingerprint density at radius 3 is 2.69 bits per heavy atom. The lowest BCUT2D eigenvalue weighted by Gasteiger charge is -2.09. The summed E-state index contributed by atoms with van der Waals surface area (Å²) in [6.07, 6.45) is 0. The standard InChI is InChI=1S/C8H7Cl2N3O2S/c1-5-4-6(9)12-8(10)7(5)13-16(14,15)3-2-11/h4,13H,3H2,1H3. The fraction of sp³-hybridized carbons (Fsp3) is 0.250. The molecule has 0 radical (unpaired) electrons. The van der Waals surface area contributed by atoms with Crippen LogP contribution in [-0.4, -0.2) is 19.2 Å². The number of rotatable bonds is 3. The summed E-state index contributed by atoms with van der Waals surface area (Å²) in [4.78, 5) is 3.70. The fourth-order valence-corrected chi connectivity index (χ4v) is 2.44. The predicted molar refractivity (Wildman–Crippen MR) is 62.0 cm³/mol. The predicted octanol–water partition coefficient (Wildman–Crippen LogP) is 1.96. The van der Waals surface area contributed by atoms with E-state index in [2.05, 4.69) is 9.71 Å². The van der Waals surface area contributed by atoms with Gasteiger partial charge in [0.05, 0.1) is 11.8 Å². The Balaban J connectivity index is 3.13. The third kappa shape index (κ3) is 3.23. The monoisotopic (exact) mass is 279 g/mol. The van der Waals surface area contributed by atoms with Crippen LogP contribution < -0.4 is 4.72 Å². The number of pyridine rings is 1. The van der Waals surface area contributed by atoms with Crippen LogP contribution in [0.2, 0.25) is 10.3 Å². The summed E-state index contributed by atoms with van der Waals surface area (Å²) in [5.41, 5.74) is 0.674. The molecule has 0 aliphatic carbocycles. The molecule has 5 nitrogen and oxygen atoms in total. The summed E-state index contributed by atoms with van der Waals surface area (Å²) in [6, 6.07) is 3.01. The van der Waals surface area contributed by atoms with Gasteiger partial charge in [-0.1, -0.05) is 23.2 Å². The van der Waals surface area contributed by atoms with Crippen LogP contribution in [0, 0.1) is 18.3 Å². The van der Waals surface area contributed by atoms with Crippen LogP contribution in [0.25, 0.3) is 0 Å². The lowest BCUT2D eigenvalue weighted by molar-refractivity contribution is 0.604. The van der Waals surface area contributed by atoms with Crippen LogP contribution in [0.5, 0.6) is 0 Å². The molecule has 1 aromatic rings. The van der Waals surface area contributed by atoms with Gasteiger partial charge in [-0.25, -0.2) is 13.4 Å². The Morgan fingerprint density at radius 2 is 2.19 bits per heavy atom. The summed E-state index contributed by atoms with van der Waals surface area (Å²) >= 11 is 11.4. The van der Waals surface area contributed by atoms with Gasteiger partial charge in [0.2, 0.25) is 10.0 Å². The molecule has 1 N–H and O–H groups in total. The molecule has 0 saturated heterocycles.